The number of aliphatic hydroxyl groups is 1. The smallest absolute Gasteiger partial charge is 0.227 e. The minimum absolute atomic E-state index is 0.00546. The van der Waals surface area contributed by atoms with E-state index in [0.717, 1.165) is 25.7 Å². The molecule has 2 aliphatic carbocycles. The summed E-state index contributed by atoms with van der Waals surface area (Å²) >= 11 is 0. The van der Waals surface area contributed by atoms with Gasteiger partial charge in [-0.15, -0.1) is 0 Å². The first-order valence-corrected chi connectivity index (χ1v) is 7.80. The van der Waals surface area contributed by atoms with E-state index < -0.39 is 0 Å². The van der Waals surface area contributed by atoms with Crippen LogP contribution in [0.2, 0.25) is 0 Å². The minimum Gasteiger partial charge on any atom is -0.395 e. The molecule has 110 valence electrons. The van der Waals surface area contributed by atoms with Crippen LogP contribution in [0.25, 0.3) is 0 Å². The molecule has 0 aliphatic heterocycles. The Labute approximate surface area is 116 Å². The van der Waals surface area contributed by atoms with Gasteiger partial charge in [0.1, 0.15) is 0 Å². The second-order valence-corrected chi connectivity index (χ2v) is 6.16. The fourth-order valence-corrected chi connectivity index (χ4v) is 4.20. The van der Waals surface area contributed by atoms with Crippen molar-refractivity contribution in [3.05, 3.63) is 0 Å². The van der Waals surface area contributed by atoms with E-state index in [9.17, 15) is 9.90 Å². The quantitative estimate of drug-likeness (QED) is 0.764. The van der Waals surface area contributed by atoms with Crippen LogP contribution >= 0.6 is 0 Å². The van der Waals surface area contributed by atoms with E-state index in [4.69, 9.17) is 5.73 Å². The number of amides is 1. The first-order chi connectivity index (χ1) is 9.13. The largest absolute Gasteiger partial charge is 0.395 e. The molecule has 1 amide bonds. The molecule has 0 saturated heterocycles. The third kappa shape index (κ3) is 2.65. The molecule has 0 aromatic carbocycles. The number of fused-ring (bicyclic) bond motifs is 2. The van der Waals surface area contributed by atoms with Crippen molar-refractivity contribution in [2.45, 2.75) is 58.0 Å². The SMILES string of the molecule is CCC(CC)N(CCO)C(=O)C1C2CCC(C2)C1N. The van der Waals surface area contributed by atoms with E-state index in [1.165, 1.54) is 6.42 Å². The lowest BCUT2D eigenvalue weighted by Gasteiger charge is -2.36. The van der Waals surface area contributed by atoms with Crippen molar-refractivity contribution in [3.8, 4) is 0 Å². The number of hydrogen-bond acceptors (Lipinski definition) is 3. The first kappa shape index (κ1) is 14.8. The lowest BCUT2D eigenvalue weighted by Crippen LogP contribution is -2.51. The van der Waals surface area contributed by atoms with Gasteiger partial charge in [-0.3, -0.25) is 4.79 Å². The number of rotatable bonds is 6. The van der Waals surface area contributed by atoms with Gasteiger partial charge in [-0.25, -0.2) is 0 Å². The molecule has 4 heteroatoms. The molecule has 2 saturated carbocycles. The normalized spacial score (nSPS) is 33.1. The topological polar surface area (TPSA) is 66.6 Å². The lowest BCUT2D eigenvalue weighted by molar-refractivity contribution is -0.141. The average molecular weight is 268 g/mol. The van der Waals surface area contributed by atoms with Gasteiger partial charge in [0.05, 0.1) is 12.5 Å². The Kier molecular flexibility index (Phi) is 4.85. The molecular formula is C15H28N2O2. The van der Waals surface area contributed by atoms with Crippen LogP contribution in [0.3, 0.4) is 0 Å². The number of nitrogens with zero attached hydrogens (tertiary/aromatic N) is 1. The predicted molar refractivity (Wildman–Crippen MR) is 75.5 cm³/mol. The zero-order chi connectivity index (χ0) is 14.0. The van der Waals surface area contributed by atoms with Crippen molar-refractivity contribution in [1.82, 2.24) is 4.90 Å². The van der Waals surface area contributed by atoms with Crippen LogP contribution in [-0.2, 0) is 4.79 Å². The number of carbonyl (C=O) groups is 1. The molecular weight excluding hydrogens is 240 g/mol. The van der Waals surface area contributed by atoms with Gasteiger partial charge in [-0.05, 0) is 43.9 Å². The van der Waals surface area contributed by atoms with Gasteiger partial charge < -0.3 is 15.7 Å². The van der Waals surface area contributed by atoms with E-state index in [1.807, 2.05) is 4.90 Å². The Morgan fingerprint density at radius 3 is 2.42 bits per heavy atom. The maximum absolute atomic E-state index is 12.8. The first-order valence-electron chi connectivity index (χ1n) is 7.80. The van der Waals surface area contributed by atoms with Crippen LogP contribution in [-0.4, -0.2) is 41.1 Å². The van der Waals surface area contributed by atoms with Crippen LogP contribution in [0.4, 0.5) is 0 Å². The van der Waals surface area contributed by atoms with Gasteiger partial charge in [-0.1, -0.05) is 13.8 Å². The van der Waals surface area contributed by atoms with E-state index in [2.05, 4.69) is 13.8 Å². The van der Waals surface area contributed by atoms with Crippen molar-refractivity contribution >= 4 is 5.91 Å². The molecule has 0 aromatic heterocycles. The van der Waals surface area contributed by atoms with E-state index >= 15 is 0 Å². The van der Waals surface area contributed by atoms with Crippen LogP contribution in [0.5, 0.6) is 0 Å². The Morgan fingerprint density at radius 2 is 1.95 bits per heavy atom. The summed E-state index contributed by atoms with van der Waals surface area (Å²) in [5.41, 5.74) is 6.27. The summed E-state index contributed by atoms with van der Waals surface area (Å²) in [7, 11) is 0. The molecule has 4 unspecified atom stereocenters. The highest BCUT2D eigenvalue weighted by molar-refractivity contribution is 5.81. The van der Waals surface area contributed by atoms with Gasteiger partial charge in [0.2, 0.25) is 5.91 Å². The van der Waals surface area contributed by atoms with E-state index in [1.54, 1.807) is 0 Å². The van der Waals surface area contributed by atoms with Crippen LogP contribution in [0, 0.1) is 17.8 Å². The third-order valence-electron chi connectivity index (χ3n) is 5.27. The van der Waals surface area contributed by atoms with Crippen LogP contribution < -0.4 is 5.73 Å². The third-order valence-corrected chi connectivity index (χ3v) is 5.27. The zero-order valence-electron chi connectivity index (χ0n) is 12.2. The molecule has 0 spiro atoms. The van der Waals surface area contributed by atoms with E-state index in [-0.39, 0.29) is 30.5 Å². The molecule has 0 radical (unpaired) electrons. The summed E-state index contributed by atoms with van der Waals surface area (Å²) in [5, 5.41) is 9.24. The Balaban J connectivity index is 2.10. The Hall–Kier alpha value is -0.610. The molecule has 4 atom stereocenters. The van der Waals surface area contributed by atoms with Gasteiger partial charge in [0.25, 0.3) is 0 Å². The maximum atomic E-state index is 12.8. The van der Waals surface area contributed by atoms with Crippen molar-refractivity contribution in [1.29, 1.82) is 0 Å². The summed E-state index contributed by atoms with van der Waals surface area (Å²) in [6, 6.07) is 0.285. The van der Waals surface area contributed by atoms with Crippen molar-refractivity contribution in [3.63, 3.8) is 0 Å². The second-order valence-electron chi connectivity index (χ2n) is 6.16. The summed E-state index contributed by atoms with van der Waals surface area (Å²) in [5.74, 6) is 1.24. The molecule has 19 heavy (non-hydrogen) atoms. The zero-order valence-corrected chi connectivity index (χ0v) is 12.2. The molecule has 2 rings (SSSR count). The van der Waals surface area contributed by atoms with Gasteiger partial charge in [-0.2, -0.15) is 0 Å². The highest BCUT2D eigenvalue weighted by Gasteiger charge is 2.50. The monoisotopic (exact) mass is 268 g/mol. The molecule has 3 N–H and O–H groups in total. The summed E-state index contributed by atoms with van der Waals surface area (Å²) < 4.78 is 0. The number of aliphatic hydroxyl groups excluding tert-OH is 1. The molecule has 0 aromatic rings. The number of carbonyl (C=O) groups excluding carboxylic acids is 1. The molecule has 0 heterocycles. The number of nitrogens with two attached hydrogens (primary N) is 1. The van der Waals surface area contributed by atoms with Gasteiger partial charge in [0.15, 0.2) is 0 Å². The van der Waals surface area contributed by atoms with Crippen molar-refractivity contribution in [2.75, 3.05) is 13.2 Å². The van der Waals surface area contributed by atoms with Crippen LogP contribution in [0.1, 0.15) is 46.0 Å². The predicted octanol–water partition coefficient (Wildman–Crippen LogP) is 1.37. The fourth-order valence-electron chi connectivity index (χ4n) is 4.20. The Bertz CT molecular complexity index is 315. The van der Waals surface area contributed by atoms with Gasteiger partial charge in [0, 0.05) is 18.6 Å². The highest BCUT2D eigenvalue weighted by atomic mass is 16.3. The van der Waals surface area contributed by atoms with Crippen molar-refractivity contribution < 1.29 is 9.90 Å². The lowest BCUT2D eigenvalue weighted by atomic mass is 9.83. The van der Waals surface area contributed by atoms with Crippen LogP contribution in [0.15, 0.2) is 0 Å². The van der Waals surface area contributed by atoms with Crippen molar-refractivity contribution in [2.24, 2.45) is 23.5 Å². The van der Waals surface area contributed by atoms with Gasteiger partial charge >= 0.3 is 0 Å². The summed E-state index contributed by atoms with van der Waals surface area (Å²) in [6.07, 6.45) is 5.37. The Morgan fingerprint density at radius 1 is 1.32 bits per heavy atom. The summed E-state index contributed by atoms with van der Waals surface area (Å²) in [4.78, 5) is 14.7. The minimum atomic E-state index is 0.00546. The molecule has 2 bridgehead atoms. The molecule has 4 nitrogen and oxygen atoms in total. The fraction of sp³-hybridized carbons (Fsp3) is 0.933. The highest BCUT2D eigenvalue weighted by Crippen LogP contribution is 2.48. The standard InChI is InChI=1S/C15H28N2O2/c1-3-12(4-2)17(7-8-18)15(19)13-10-5-6-11(9-10)14(13)16/h10-14,18H,3-9,16H2,1-2H3. The van der Waals surface area contributed by atoms with E-state index in [0.29, 0.717) is 18.4 Å². The molecule has 2 fully saturated rings. The molecule has 2 aliphatic rings. The average Bonchev–Trinajstić information content (AvgIpc) is 2.99. The second kappa shape index (κ2) is 6.23. The summed E-state index contributed by atoms with van der Waals surface area (Å²) in [6.45, 7) is 4.70. The maximum Gasteiger partial charge on any atom is 0.227 e. The number of hydrogen-bond donors (Lipinski definition) is 2.